The summed E-state index contributed by atoms with van der Waals surface area (Å²) in [7, 11) is 0. The average molecular weight is 337 g/mol. The van der Waals surface area contributed by atoms with Crippen molar-refractivity contribution in [3.8, 4) is 0 Å². The molecule has 0 bridgehead atoms. The van der Waals surface area contributed by atoms with E-state index in [0.717, 1.165) is 23.3 Å². The molecule has 0 spiro atoms. The van der Waals surface area contributed by atoms with Crippen LogP contribution < -0.4 is 0 Å². The Labute approximate surface area is 145 Å². The Hall–Kier alpha value is -2.01. The summed E-state index contributed by atoms with van der Waals surface area (Å²) in [5.41, 5.74) is 1.44. The second-order valence-electron chi connectivity index (χ2n) is 6.69. The molecule has 2 aliphatic rings. The van der Waals surface area contributed by atoms with Crippen molar-refractivity contribution in [2.75, 3.05) is 0 Å². The van der Waals surface area contributed by atoms with Crippen molar-refractivity contribution in [2.24, 2.45) is 0 Å². The van der Waals surface area contributed by atoms with Crippen molar-refractivity contribution >= 4 is 11.8 Å². The van der Waals surface area contributed by atoms with Crippen molar-refractivity contribution in [3.05, 3.63) is 65.9 Å². The lowest BCUT2D eigenvalue weighted by Gasteiger charge is -2.08. The Balaban J connectivity index is 1.36. The maximum Gasteiger partial charge on any atom is 0.191 e. The number of thioether (sulfide) groups is 1. The van der Waals surface area contributed by atoms with Crippen LogP contribution in [0.25, 0.3) is 0 Å². The third-order valence-corrected chi connectivity index (χ3v) is 6.13. The van der Waals surface area contributed by atoms with Gasteiger partial charge in [0, 0.05) is 11.2 Å². The molecule has 2 fully saturated rings. The van der Waals surface area contributed by atoms with Gasteiger partial charge in [-0.1, -0.05) is 42.1 Å². The van der Waals surface area contributed by atoms with Crippen LogP contribution in [0.5, 0.6) is 0 Å². The van der Waals surface area contributed by atoms with E-state index < -0.39 is 0 Å². The highest BCUT2D eigenvalue weighted by Crippen LogP contribution is 2.52. The third kappa shape index (κ3) is 2.77. The molecule has 122 valence electrons. The summed E-state index contributed by atoms with van der Waals surface area (Å²) in [5.74, 6) is 3.33. The van der Waals surface area contributed by atoms with Crippen molar-refractivity contribution < 1.29 is 4.42 Å². The van der Waals surface area contributed by atoms with E-state index >= 15 is 0 Å². The Kier molecular flexibility index (Phi) is 3.47. The lowest BCUT2D eigenvalue weighted by molar-refractivity contribution is 0.478. The first-order valence-corrected chi connectivity index (χ1v) is 9.43. The average Bonchev–Trinajstić information content (AvgIpc) is 3.51. The number of benzene rings is 1. The topological polar surface area (TPSA) is 43.9 Å². The molecule has 0 N–H and O–H groups in total. The zero-order valence-corrected chi connectivity index (χ0v) is 14.2. The largest absolute Gasteiger partial charge is 0.467 e. The van der Waals surface area contributed by atoms with Gasteiger partial charge >= 0.3 is 0 Å². The maximum atomic E-state index is 5.54. The van der Waals surface area contributed by atoms with Gasteiger partial charge in [0.25, 0.3) is 0 Å². The molecule has 0 amide bonds. The van der Waals surface area contributed by atoms with Crippen LogP contribution in [0.15, 0.2) is 58.3 Å². The predicted octanol–water partition coefficient (Wildman–Crippen LogP) is 4.45. The second kappa shape index (κ2) is 5.81. The molecular weight excluding hydrogens is 318 g/mol. The number of rotatable bonds is 6. The lowest BCUT2D eigenvalue weighted by atomic mass is 10.1. The lowest BCUT2D eigenvalue weighted by Crippen LogP contribution is -2.05. The summed E-state index contributed by atoms with van der Waals surface area (Å²) in [6.45, 7) is 0.733. The molecule has 2 saturated carbocycles. The highest BCUT2D eigenvalue weighted by Gasteiger charge is 2.41. The van der Waals surface area contributed by atoms with E-state index in [9.17, 15) is 0 Å². The van der Waals surface area contributed by atoms with E-state index in [1.807, 2.05) is 23.9 Å². The van der Waals surface area contributed by atoms with Crippen LogP contribution in [0.3, 0.4) is 0 Å². The Morgan fingerprint density at radius 3 is 2.71 bits per heavy atom. The van der Waals surface area contributed by atoms with Crippen LogP contribution in [-0.4, -0.2) is 20.0 Å². The van der Waals surface area contributed by atoms with Crippen molar-refractivity contribution in [3.63, 3.8) is 0 Å². The second-order valence-corrected chi connectivity index (χ2v) is 7.90. The number of aromatic nitrogens is 3. The van der Waals surface area contributed by atoms with E-state index in [4.69, 9.17) is 4.42 Å². The standard InChI is InChI=1S/C19H19N3OS/c1-2-5-13(6-3-1)16-11-17(16)24-19-21-20-18(14-8-9-14)22(19)12-15-7-4-10-23-15/h1-7,10,14,16-17H,8-9,11-12H2/t16-,17-/m1/s1. The number of hydrogen-bond donors (Lipinski definition) is 0. The fourth-order valence-electron chi connectivity index (χ4n) is 3.23. The van der Waals surface area contributed by atoms with Gasteiger partial charge in [-0.3, -0.25) is 4.57 Å². The Morgan fingerprint density at radius 2 is 1.96 bits per heavy atom. The van der Waals surface area contributed by atoms with Gasteiger partial charge in [0.15, 0.2) is 5.16 Å². The molecule has 1 aromatic carbocycles. The van der Waals surface area contributed by atoms with Gasteiger partial charge < -0.3 is 4.42 Å². The zero-order valence-electron chi connectivity index (χ0n) is 13.3. The third-order valence-electron chi connectivity index (χ3n) is 4.80. The molecule has 2 aromatic heterocycles. The van der Waals surface area contributed by atoms with Crippen LogP contribution >= 0.6 is 11.8 Å². The molecule has 2 aliphatic carbocycles. The molecule has 5 rings (SSSR count). The van der Waals surface area contributed by atoms with E-state index in [2.05, 4.69) is 45.1 Å². The molecular formula is C19H19N3OS. The van der Waals surface area contributed by atoms with Crippen LogP contribution in [-0.2, 0) is 6.54 Å². The summed E-state index contributed by atoms with van der Waals surface area (Å²) in [5, 5.41) is 10.6. The summed E-state index contributed by atoms with van der Waals surface area (Å²) >= 11 is 1.87. The Bertz CT molecular complexity index is 824. The molecule has 3 aromatic rings. The zero-order chi connectivity index (χ0) is 15.9. The van der Waals surface area contributed by atoms with E-state index in [1.165, 1.54) is 24.8 Å². The summed E-state index contributed by atoms with van der Waals surface area (Å²) in [6, 6.07) is 14.8. The van der Waals surface area contributed by atoms with Crippen molar-refractivity contribution in [2.45, 2.75) is 48.0 Å². The number of nitrogens with zero attached hydrogens (tertiary/aromatic N) is 3. The predicted molar refractivity (Wildman–Crippen MR) is 93.3 cm³/mol. The number of hydrogen-bond acceptors (Lipinski definition) is 4. The quantitative estimate of drug-likeness (QED) is 0.667. The summed E-state index contributed by atoms with van der Waals surface area (Å²) in [6.07, 6.45) is 5.42. The van der Waals surface area contributed by atoms with Crippen LogP contribution in [0.4, 0.5) is 0 Å². The smallest absolute Gasteiger partial charge is 0.191 e. The minimum absolute atomic E-state index is 0.589. The summed E-state index contributed by atoms with van der Waals surface area (Å²) < 4.78 is 7.81. The fraction of sp³-hybridized carbons (Fsp3) is 0.368. The molecule has 24 heavy (non-hydrogen) atoms. The SMILES string of the molecule is c1ccc([C@H]2C[C@H]2Sc2nnc(C3CC3)n2Cc2ccco2)cc1. The molecule has 2 atom stereocenters. The highest BCUT2D eigenvalue weighted by atomic mass is 32.2. The summed E-state index contributed by atoms with van der Waals surface area (Å²) in [4.78, 5) is 0. The number of furan rings is 1. The molecule has 0 radical (unpaired) electrons. The van der Waals surface area contributed by atoms with Gasteiger partial charge in [0.2, 0.25) is 0 Å². The molecule has 0 unspecified atom stereocenters. The minimum Gasteiger partial charge on any atom is -0.467 e. The van der Waals surface area contributed by atoms with Gasteiger partial charge in [-0.2, -0.15) is 0 Å². The van der Waals surface area contributed by atoms with Gasteiger partial charge in [-0.15, -0.1) is 10.2 Å². The van der Waals surface area contributed by atoms with Crippen LogP contribution in [0, 0.1) is 0 Å². The van der Waals surface area contributed by atoms with Gasteiger partial charge in [-0.25, -0.2) is 0 Å². The molecule has 2 heterocycles. The van der Waals surface area contributed by atoms with Crippen LogP contribution in [0.1, 0.15) is 48.2 Å². The molecule has 0 saturated heterocycles. The fourth-order valence-corrected chi connectivity index (χ4v) is 4.50. The monoisotopic (exact) mass is 337 g/mol. The van der Waals surface area contributed by atoms with E-state index in [-0.39, 0.29) is 0 Å². The van der Waals surface area contributed by atoms with Gasteiger partial charge in [-0.05, 0) is 42.9 Å². The van der Waals surface area contributed by atoms with Gasteiger partial charge in [0.1, 0.15) is 11.6 Å². The molecule has 0 aliphatic heterocycles. The maximum absolute atomic E-state index is 5.54. The normalized spacial score (nSPS) is 22.7. The van der Waals surface area contributed by atoms with Crippen LogP contribution in [0.2, 0.25) is 0 Å². The minimum atomic E-state index is 0.589. The molecule has 4 nitrogen and oxygen atoms in total. The molecule has 5 heteroatoms. The van der Waals surface area contributed by atoms with E-state index in [0.29, 0.717) is 17.1 Å². The highest BCUT2D eigenvalue weighted by molar-refractivity contribution is 8.00. The first-order chi connectivity index (χ1) is 11.9. The Morgan fingerprint density at radius 1 is 1.08 bits per heavy atom. The van der Waals surface area contributed by atoms with E-state index in [1.54, 1.807) is 6.26 Å². The first kappa shape index (κ1) is 14.3. The van der Waals surface area contributed by atoms with Crippen molar-refractivity contribution in [1.29, 1.82) is 0 Å². The first-order valence-electron chi connectivity index (χ1n) is 8.55. The van der Waals surface area contributed by atoms with Crippen molar-refractivity contribution in [1.82, 2.24) is 14.8 Å². The van der Waals surface area contributed by atoms with Gasteiger partial charge in [0.05, 0.1) is 12.8 Å².